The van der Waals surface area contributed by atoms with E-state index in [2.05, 4.69) is 25.3 Å². The minimum Gasteiger partial charge on any atom is -0.494 e. The van der Waals surface area contributed by atoms with E-state index < -0.39 is 11.9 Å². The van der Waals surface area contributed by atoms with Gasteiger partial charge in [-0.2, -0.15) is 0 Å². The molecular weight excluding hydrogens is 709 g/mol. The molecule has 3 aromatic rings. The van der Waals surface area contributed by atoms with Crippen LogP contribution >= 0.6 is 0 Å². The first-order valence-corrected chi connectivity index (χ1v) is 18.7. The third-order valence-electron chi connectivity index (χ3n) is 8.52. The lowest BCUT2D eigenvalue weighted by Gasteiger charge is -2.21. The first-order chi connectivity index (χ1) is 26.7. The number of amides is 1. The number of halogens is 1. The number of carbonyl (C=O) groups is 2. The molecule has 3 rings (SSSR count). The van der Waals surface area contributed by atoms with Crippen molar-refractivity contribution in [2.75, 3.05) is 72.3 Å². The quantitative estimate of drug-likeness (QED) is 0.0301. The Bertz CT molecular complexity index is 1620. The van der Waals surface area contributed by atoms with Crippen LogP contribution in [0.5, 0.6) is 5.75 Å². The maximum Gasteiger partial charge on any atom is 0.305 e. The van der Waals surface area contributed by atoms with E-state index in [0.29, 0.717) is 80.9 Å². The number of unbranched alkanes of at least 4 members (excludes halogenated alkanes) is 5. The molecule has 0 aliphatic carbocycles. The molecule has 0 aliphatic rings. The van der Waals surface area contributed by atoms with Crippen LogP contribution in [-0.4, -0.2) is 105 Å². The van der Waals surface area contributed by atoms with Gasteiger partial charge in [0.15, 0.2) is 5.84 Å². The Morgan fingerprint density at radius 2 is 1.53 bits per heavy atom. The van der Waals surface area contributed by atoms with Crippen molar-refractivity contribution in [1.29, 1.82) is 10.8 Å². The van der Waals surface area contributed by atoms with Gasteiger partial charge in [-0.15, -0.1) is 0 Å². The van der Waals surface area contributed by atoms with Crippen molar-refractivity contribution >= 4 is 29.2 Å². The molecule has 1 atom stereocenters. The van der Waals surface area contributed by atoms with Gasteiger partial charge in [-0.05, 0) is 81.5 Å². The molecule has 0 fully saturated rings. The summed E-state index contributed by atoms with van der Waals surface area (Å²) in [7, 11) is 3.01. The van der Waals surface area contributed by atoms with E-state index in [-0.39, 0.29) is 30.1 Å². The van der Waals surface area contributed by atoms with Crippen LogP contribution in [0.4, 0.5) is 10.1 Å². The number of rotatable bonds is 27. The summed E-state index contributed by atoms with van der Waals surface area (Å²) in [6, 6.07) is 12.3. The number of hydrogen-bond acceptors (Lipinski definition) is 12. The van der Waals surface area contributed by atoms with Crippen molar-refractivity contribution in [3.8, 4) is 5.75 Å². The van der Waals surface area contributed by atoms with Gasteiger partial charge in [-0.25, -0.2) is 14.4 Å². The summed E-state index contributed by atoms with van der Waals surface area (Å²) < 4.78 is 42.0. The van der Waals surface area contributed by atoms with Crippen LogP contribution < -0.4 is 15.4 Å². The van der Waals surface area contributed by atoms with Gasteiger partial charge in [-0.3, -0.25) is 20.4 Å². The molecule has 0 saturated heterocycles. The molecule has 0 bridgehead atoms. The lowest BCUT2D eigenvalue weighted by Crippen LogP contribution is -2.37. The van der Waals surface area contributed by atoms with Crippen LogP contribution in [-0.2, 0) is 23.7 Å². The van der Waals surface area contributed by atoms with Gasteiger partial charge < -0.3 is 39.2 Å². The number of likely N-dealkylation sites (N-methyl/N-ethyl adjacent to an activating group) is 1. The van der Waals surface area contributed by atoms with Crippen LogP contribution in [0, 0.1) is 16.6 Å². The summed E-state index contributed by atoms with van der Waals surface area (Å²) in [4.78, 5) is 33.5. The van der Waals surface area contributed by atoms with Crippen molar-refractivity contribution in [3.63, 3.8) is 0 Å². The van der Waals surface area contributed by atoms with Crippen molar-refractivity contribution < 1.29 is 37.7 Å². The predicted molar refractivity (Wildman–Crippen MR) is 208 cm³/mol. The van der Waals surface area contributed by atoms with Gasteiger partial charge >= 0.3 is 5.97 Å². The number of esters is 1. The maximum absolute atomic E-state index is 14.8. The van der Waals surface area contributed by atoms with Crippen molar-refractivity contribution in [2.45, 2.75) is 64.3 Å². The normalized spacial score (nSPS) is 11.4. The fraction of sp³-hybridized carbons (Fsp3) is 0.500. The maximum atomic E-state index is 14.8. The Labute approximate surface area is 323 Å². The summed E-state index contributed by atoms with van der Waals surface area (Å²) in [6.45, 7) is 5.76. The number of carbonyl (C=O) groups excluding carboxylic acids is 2. The molecule has 1 heterocycles. The topological polar surface area (TPSA) is 181 Å². The first-order valence-electron chi connectivity index (χ1n) is 18.7. The van der Waals surface area contributed by atoms with E-state index in [4.69, 9.17) is 29.8 Å². The van der Waals surface area contributed by atoms with Gasteiger partial charge in [0.05, 0.1) is 52.7 Å². The van der Waals surface area contributed by atoms with Crippen molar-refractivity contribution in [3.05, 3.63) is 83.7 Å². The molecule has 1 aromatic heterocycles. The highest BCUT2D eigenvalue weighted by molar-refractivity contribution is 6.06. The Kier molecular flexibility index (Phi) is 20.9. The van der Waals surface area contributed by atoms with Gasteiger partial charge in [0, 0.05) is 49.7 Å². The Hall–Kier alpha value is -4.99. The molecule has 15 heteroatoms. The highest BCUT2D eigenvalue weighted by Gasteiger charge is 2.17. The Balaban J connectivity index is 1.26. The van der Waals surface area contributed by atoms with Crippen LogP contribution in [0.15, 0.2) is 61.1 Å². The Morgan fingerprint density at radius 1 is 0.855 bits per heavy atom. The molecule has 1 amide bonds. The van der Waals surface area contributed by atoms with E-state index in [1.165, 1.54) is 30.6 Å². The lowest BCUT2D eigenvalue weighted by atomic mass is 10.1. The number of anilines is 1. The molecule has 1 unspecified atom stereocenters. The van der Waals surface area contributed by atoms with E-state index in [1.807, 2.05) is 0 Å². The summed E-state index contributed by atoms with van der Waals surface area (Å²) in [5.74, 6) is -0.262. The largest absolute Gasteiger partial charge is 0.494 e. The molecule has 0 saturated carbocycles. The average Bonchev–Trinajstić information content (AvgIpc) is 3.20. The number of benzene rings is 2. The van der Waals surface area contributed by atoms with E-state index in [0.717, 1.165) is 44.9 Å². The Morgan fingerprint density at radius 3 is 2.20 bits per heavy atom. The highest BCUT2D eigenvalue weighted by atomic mass is 19.1. The monoisotopic (exact) mass is 765 g/mol. The number of aromatic nitrogens is 2. The van der Waals surface area contributed by atoms with Crippen LogP contribution in [0.3, 0.4) is 0 Å². The SMILES string of the molecule is COC(=O)CCCCCOCCOCCOCCCCCCOc1ccc(F)c(C(C)NC(=O)c2cccc(NCC(=N)N(C)C(=N)c3ccncn3)c2)c1. The molecule has 0 radical (unpaired) electrons. The number of ether oxygens (including phenoxy) is 5. The zero-order valence-electron chi connectivity index (χ0n) is 32.2. The first kappa shape index (κ1) is 44.4. The molecule has 55 heavy (non-hydrogen) atoms. The zero-order chi connectivity index (χ0) is 39.7. The molecule has 2 aromatic carbocycles. The standard InChI is InChI=1S/C40H56FN7O7/c1-30(47-40(50)31-12-11-13-32(26-31)45-28-37(42)48(2)39(43)36-17-18-44-29-46-36)34-27-33(15-16-35(34)41)55-21-10-5-4-8-19-52-22-24-54-25-23-53-20-9-6-7-14-38(49)51-3/h11-13,15-18,26-27,29-30,42-43,45H,4-10,14,19-25,28H2,1-3H3,(H,47,50). The molecule has 300 valence electrons. The average molecular weight is 766 g/mol. The van der Waals surface area contributed by atoms with E-state index in [1.54, 1.807) is 56.4 Å². The minimum atomic E-state index is -0.623. The van der Waals surface area contributed by atoms with E-state index >= 15 is 0 Å². The van der Waals surface area contributed by atoms with Crippen LogP contribution in [0.1, 0.15) is 85.9 Å². The van der Waals surface area contributed by atoms with Crippen LogP contribution in [0.2, 0.25) is 0 Å². The summed E-state index contributed by atoms with van der Waals surface area (Å²) in [5, 5.41) is 22.6. The number of methoxy groups -OCH3 is 1. The minimum absolute atomic E-state index is 0.0615. The zero-order valence-corrected chi connectivity index (χ0v) is 32.2. The summed E-state index contributed by atoms with van der Waals surface area (Å²) in [5.41, 5.74) is 1.70. The smallest absolute Gasteiger partial charge is 0.305 e. The van der Waals surface area contributed by atoms with E-state index in [9.17, 15) is 14.0 Å². The molecule has 14 nitrogen and oxygen atoms in total. The number of amidine groups is 2. The second-order valence-electron chi connectivity index (χ2n) is 12.7. The predicted octanol–water partition coefficient (Wildman–Crippen LogP) is 6.18. The second-order valence-corrected chi connectivity index (χ2v) is 12.7. The van der Waals surface area contributed by atoms with Gasteiger partial charge in [0.1, 0.15) is 29.4 Å². The molecule has 0 spiro atoms. The van der Waals surface area contributed by atoms with Crippen molar-refractivity contribution in [2.24, 2.45) is 0 Å². The number of nitrogens with zero attached hydrogens (tertiary/aromatic N) is 3. The number of hydrogen-bond donors (Lipinski definition) is 4. The summed E-state index contributed by atoms with van der Waals surface area (Å²) >= 11 is 0. The third-order valence-corrected chi connectivity index (χ3v) is 8.52. The van der Waals surface area contributed by atoms with Gasteiger partial charge in [0.2, 0.25) is 0 Å². The summed E-state index contributed by atoms with van der Waals surface area (Å²) in [6.07, 6.45) is 9.75. The fourth-order valence-corrected chi connectivity index (χ4v) is 5.26. The van der Waals surface area contributed by atoms with Gasteiger partial charge in [-0.1, -0.05) is 18.9 Å². The lowest BCUT2D eigenvalue weighted by molar-refractivity contribution is -0.140. The van der Waals surface area contributed by atoms with Crippen LogP contribution in [0.25, 0.3) is 0 Å². The van der Waals surface area contributed by atoms with Gasteiger partial charge in [0.25, 0.3) is 5.91 Å². The molecular formula is C40H56FN7O7. The molecule has 4 N–H and O–H groups in total. The fourth-order valence-electron chi connectivity index (χ4n) is 5.26. The second kappa shape index (κ2) is 25.9. The molecule has 0 aliphatic heterocycles. The number of nitrogens with one attached hydrogen (secondary N) is 4. The van der Waals surface area contributed by atoms with Crippen molar-refractivity contribution in [1.82, 2.24) is 20.2 Å². The third kappa shape index (κ3) is 17.4. The highest BCUT2D eigenvalue weighted by Crippen LogP contribution is 2.24.